The zero-order valence-electron chi connectivity index (χ0n) is 30.3. The highest BCUT2D eigenvalue weighted by atomic mass is 14.5. The van der Waals surface area contributed by atoms with Crippen molar-refractivity contribution < 1.29 is 0 Å². The van der Waals surface area contributed by atoms with Crippen molar-refractivity contribution in [2.24, 2.45) is 0 Å². The molecule has 55 heavy (non-hydrogen) atoms. The first-order valence-corrected chi connectivity index (χ1v) is 19.2. The van der Waals surface area contributed by atoms with Gasteiger partial charge in [0.05, 0.1) is 5.41 Å². The molecule has 0 bridgehead atoms. The zero-order valence-corrected chi connectivity index (χ0v) is 30.3. The molecule has 0 saturated heterocycles. The molecule has 0 amide bonds. The summed E-state index contributed by atoms with van der Waals surface area (Å²) in [5.74, 6) is 0. The van der Waals surface area contributed by atoms with Crippen molar-refractivity contribution in [3.63, 3.8) is 0 Å². The number of hydrogen-bond acceptors (Lipinski definition) is 0. The van der Waals surface area contributed by atoms with Crippen LogP contribution >= 0.6 is 0 Å². The monoisotopic (exact) mass is 696 g/mol. The van der Waals surface area contributed by atoms with Gasteiger partial charge in [-0.1, -0.05) is 194 Å². The maximum Gasteiger partial charge on any atom is 0.0719 e. The Hall–Kier alpha value is -7.02. The lowest BCUT2D eigenvalue weighted by molar-refractivity contribution is 0.775. The van der Waals surface area contributed by atoms with Gasteiger partial charge >= 0.3 is 0 Å². The predicted octanol–water partition coefficient (Wildman–Crippen LogP) is 14.5. The van der Waals surface area contributed by atoms with Crippen molar-refractivity contribution in [2.45, 2.75) is 5.41 Å². The van der Waals surface area contributed by atoms with Gasteiger partial charge in [0.1, 0.15) is 0 Å². The summed E-state index contributed by atoms with van der Waals surface area (Å²) >= 11 is 0. The highest BCUT2D eigenvalue weighted by Crippen LogP contribution is 2.58. The highest BCUT2D eigenvalue weighted by Gasteiger charge is 2.46. The van der Waals surface area contributed by atoms with Crippen LogP contribution in [-0.4, -0.2) is 0 Å². The van der Waals surface area contributed by atoms with Crippen LogP contribution in [-0.2, 0) is 5.41 Å². The highest BCUT2D eigenvalue weighted by molar-refractivity contribution is 6.04. The van der Waals surface area contributed by atoms with E-state index >= 15 is 0 Å². The molecule has 10 aromatic carbocycles. The minimum absolute atomic E-state index is 0.453. The first-order valence-electron chi connectivity index (χ1n) is 19.2. The molecule has 0 heteroatoms. The Bertz CT molecular complexity index is 2930. The molecule has 0 N–H and O–H groups in total. The van der Waals surface area contributed by atoms with Crippen molar-refractivity contribution in [3.05, 3.63) is 241 Å². The molecule has 0 nitrogen and oxygen atoms in total. The van der Waals surface area contributed by atoms with Crippen LogP contribution in [0.15, 0.2) is 218 Å². The smallest absolute Gasteiger partial charge is 0.0622 e. The molecule has 10 aromatic rings. The van der Waals surface area contributed by atoms with Gasteiger partial charge in [-0.3, -0.25) is 0 Å². The van der Waals surface area contributed by atoms with Crippen LogP contribution in [0.5, 0.6) is 0 Å². The first kappa shape index (κ1) is 31.5. The summed E-state index contributed by atoms with van der Waals surface area (Å²) in [5, 5.41) is 7.54. The predicted molar refractivity (Wildman–Crippen MR) is 233 cm³/mol. The van der Waals surface area contributed by atoms with Crippen LogP contribution in [0.3, 0.4) is 0 Å². The van der Waals surface area contributed by atoms with E-state index in [9.17, 15) is 0 Å². The topological polar surface area (TPSA) is 0 Å². The fourth-order valence-electron chi connectivity index (χ4n) is 9.52. The molecule has 0 unspecified atom stereocenters. The quantitative estimate of drug-likeness (QED) is 0.168. The molecule has 0 aliphatic heterocycles. The summed E-state index contributed by atoms with van der Waals surface area (Å²) in [6.07, 6.45) is 0. The molecule has 11 rings (SSSR count). The molecule has 0 spiro atoms. The lowest BCUT2D eigenvalue weighted by atomic mass is 9.66. The molecule has 0 aromatic heterocycles. The van der Waals surface area contributed by atoms with Gasteiger partial charge in [-0.2, -0.15) is 0 Å². The summed E-state index contributed by atoms with van der Waals surface area (Å²) in [7, 11) is 0. The van der Waals surface area contributed by atoms with Crippen molar-refractivity contribution >= 4 is 32.3 Å². The standard InChI is InChI=1S/C55H36/c1-3-19-44(20-4-1)55(45-21-5-2-6-22-45)53-28-12-11-25-51(53)52-32-30-40-33-39(29-31-50(40)54(52)55)41-34-42(48-26-13-17-37-15-7-9-23-46(37)48)36-43(35-41)49-27-14-18-38-16-8-10-24-47(38)49/h1-36H. The Morgan fingerprint density at radius 2 is 0.764 bits per heavy atom. The number of rotatable bonds is 5. The van der Waals surface area contributed by atoms with E-state index in [2.05, 4.69) is 218 Å². The molecular weight excluding hydrogens is 661 g/mol. The first-order chi connectivity index (χ1) is 27.3. The van der Waals surface area contributed by atoms with E-state index in [4.69, 9.17) is 0 Å². The fraction of sp³-hybridized carbons (Fsp3) is 0.0182. The summed E-state index contributed by atoms with van der Waals surface area (Å²) in [5.41, 5.74) is 14.7. The second-order valence-corrected chi connectivity index (χ2v) is 14.8. The number of hydrogen-bond donors (Lipinski definition) is 0. The van der Waals surface area contributed by atoms with Crippen molar-refractivity contribution in [3.8, 4) is 44.5 Å². The number of fused-ring (bicyclic) bond motifs is 7. The summed E-state index contributed by atoms with van der Waals surface area (Å²) < 4.78 is 0. The van der Waals surface area contributed by atoms with E-state index in [0.29, 0.717) is 0 Å². The minimum Gasteiger partial charge on any atom is -0.0622 e. The lowest BCUT2D eigenvalue weighted by Crippen LogP contribution is -2.28. The average Bonchev–Trinajstić information content (AvgIpc) is 3.58. The van der Waals surface area contributed by atoms with Crippen LogP contribution < -0.4 is 0 Å². The third-order valence-corrected chi connectivity index (χ3v) is 11.9. The van der Waals surface area contributed by atoms with Gasteiger partial charge in [0, 0.05) is 0 Å². The summed E-state index contributed by atoms with van der Waals surface area (Å²) in [4.78, 5) is 0. The van der Waals surface area contributed by atoms with Crippen LogP contribution in [0.2, 0.25) is 0 Å². The summed E-state index contributed by atoms with van der Waals surface area (Å²) in [6.45, 7) is 0. The van der Waals surface area contributed by atoms with E-state index in [0.717, 1.165) is 0 Å². The Balaban J connectivity index is 1.17. The Kier molecular flexibility index (Phi) is 7.19. The Labute approximate surface area is 321 Å². The molecule has 1 aliphatic carbocycles. The zero-order chi connectivity index (χ0) is 36.3. The van der Waals surface area contributed by atoms with E-state index in [1.54, 1.807) is 0 Å². The van der Waals surface area contributed by atoms with E-state index < -0.39 is 5.41 Å². The Morgan fingerprint density at radius 3 is 1.40 bits per heavy atom. The van der Waals surface area contributed by atoms with Crippen LogP contribution in [0, 0.1) is 0 Å². The van der Waals surface area contributed by atoms with Crippen molar-refractivity contribution in [1.82, 2.24) is 0 Å². The minimum atomic E-state index is -0.453. The van der Waals surface area contributed by atoms with Crippen LogP contribution in [0.25, 0.3) is 76.8 Å². The van der Waals surface area contributed by atoms with E-state index in [1.165, 1.54) is 99.1 Å². The third kappa shape index (κ3) is 4.85. The molecule has 0 fully saturated rings. The second-order valence-electron chi connectivity index (χ2n) is 14.8. The second kappa shape index (κ2) is 12.5. The summed E-state index contributed by atoms with van der Waals surface area (Å²) in [6, 6.07) is 81.0. The van der Waals surface area contributed by atoms with Crippen LogP contribution in [0.4, 0.5) is 0 Å². The van der Waals surface area contributed by atoms with Crippen molar-refractivity contribution in [2.75, 3.05) is 0 Å². The maximum absolute atomic E-state index is 2.41. The molecule has 0 radical (unpaired) electrons. The van der Waals surface area contributed by atoms with Crippen molar-refractivity contribution in [1.29, 1.82) is 0 Å². The third-order valence-electron chi connectivity index (χ3n) is 11.9. The van der Waals surface area contributed by atoms with Gasteiger partial charge in [-0.25, -0.2) is 0 Å². The van der Waals surface area contributed by atoms with E-state index in [-0.39, 0.29) is 0 Å². The van der Waals surface area contributed by atoms with Gasteiger partial charge in [0.25, 0.3) is 0 Å². The molecule has 256 valence electrons. The normalized spacial score (nSPS) is 12.9. The fourth-order valence-corrected chi connectivity index (χ4v) is 9.52. The molecule has 0 atom stereocenters. The Morgan fingerprint density at radius 1 is 0.255 bits per heavy atom. The van der Waals surface area contributed by atoms with Gasteiger partial charge in [0.2, 0.25) is 0 Å². The van der Waals surface area contributed by atoms with E-state index in [1.807, 2.05) is 0 Å². The molecule has 0 saturated carbocycles. The largest absolute Gasteiger partial charge is 0.0719 e. The number of benzene rings is 10. The van der Waals surface area contributed by atoms with Gasteiger partial charge in [-0.15, -0.1) is 0 Å². The van der Waals surface area contributed by atoms with Crippen LogP contribution in [0.1, 0.15) is 22.3 Å². The van der Waals surface area contributed by atoms with Gasteiger partial charge in [0.15, 0.2) is 0 Å². The average molecular weight is 697 g/mol. The van der Waals surface area contributed by atoms with Gasteiger partial charge in [-0.05, 0) is 123 Å². The molecular formula is C55H36. The SMILES string of the molecule is c1ccc(C2(c3ccccc3)c3ccccc3-c3ccc4cc(-c5cc(-c6cccc7ccccc67)cc(-c6cccc7ccccc67)c5)ccc4c32)cc1. The molecule has 1 aliphatic rings. The van der Waals surface area contributed by atoms with Gasteiger partial charge < -0.3 is 0 Å². The lowest BCUT2D eigenvalue weighted by Gasteiger charge is -2.34. The maximum atomic E-state index is 2.41. The molecule has 0 heterocycles.